The summed E-state index contributed by atoms with van der Waals surface area (Å²) in [7, 11) is 5.30. The smallest absolute Gasteiger partial charge is 0.235 e. The molecule has 1 radical (unpaired) electrons. The van der Waals surface area contributed by atoms with Crippen LogP contribution in [0.3, 0.4) is 0 Å². The van der Waals surface area contributed by atoms with E-state index >= 15 is 0 Å². The number of amides is 1. The van der Waals surface area contributed by atoms with Crippen LogP contribution in [0, 0.1) is 0 Å². The van der Waals surface area contributed by atoms with Crippen molar-refractivity contribution in [2.24, 2.45) is 0 Å². The largest absolute Gasteiger partial charge is 0.432 e. The Bertz CT molecular complexity index is 428. The first-order valence-electron chi connectivity index (χ1n) is 7.07. The third-order valence-corrected chi connectivity index (χ3v) is 4.16. The van der Waals surface area contributed by atoms with Crippen molar-refractivity contribution in [2.45, 2.75) is 64.6 Å². The molecule has 1 aliphatic rings. The van der Waals surface area contributed by atoms with Gasteiger partial charge in [0.15, 0.2) is 0 Å². The Morgan fingerprint density at radius 1 is 1.19 bits per heavy atom. The monoisotopic (exact) mass is 370 g/mol. The van der Waals surface area contributed by atoms with Crippen molar-refractivity contribution in [1.29, 1.82) is 0 Å². The third-order valence-electron chi connectivity index (χ3n) is 4.16. The quantitative estimate of drug-likeness (QED) is 0.524. The normalized spacial score (nSPS) is 24.6. The summed E-state index contributed by atoms with van der Waals surface area (Å²) in [6.45, 7) is 12.2. The summed E-state index contributed by atoms with van der Waals surface area (Å²) in [5, 5.41) is 10.2. The summed E-state index contributed by atoms with van der Waals surface area (Å²) < 4.78 is 0. The summed E-state index contributed by atoms with van der Waals surface area (Å²) in [5.41, 5.74) is -1.22. The molecule has 1 unspecified atom stereocenters. The Kier molecular flexibility index (Phi) is 6.11. The predicted molar refractivity (Wildman–Crippen MR) is 83.5 cm³/mol. The van der Waals surface area contributed by atoms with Crippen molar-refractivity contribution in [1.82, 2.24) is 14.7 Å². The molecule has 6 heteroatoms. The molecule has 0 spiro atoms. The molecule has 0 saturated carbocycles. The maximum Gasteiger partial charge on any atom is 0.235 e. The minimum Gasteiger partial charge on any atom is -0.432 e. The molecule has 1 heterocycles. The molecule has 0 N–H and O–H groups in total. The minimum absolute atomic E-state index is 0. The van der Waals surface area contributed by atoms with Crippen LogP contribution in [0.4, 0.5) is 0 Å². The molecule has 1 aliphatic heterocycles. The SMILES string of the molecule is CN(C)C(=[N-])N(C)C1(C)CC(C)(C)N(C(C)(C)C)C1=O.[Y]. The van der Waals surface area contributed by atoms with E-state index in [4.69, 9.17) is 0 Å². The van der Waals surface area contributed by atoms with Crippen molar-refractivity contribution >= 4 is 11.9 Å². The van der Waals surface area contributed by atoms with Gasteiger partial charge in [-0.15, -0.1) is 0 Å². The predicted octanol–water partition coefficient (Wildman–Crippen LogP) is 1.97. The van der Waals surface area contributed by atoms with E-state index in [0.29, 0.717) is 6.42 Å². The van der Waals surface area contributed by atoms with Gasteiger partial charge in [-0.25, -0.2) is 0 Å². The van der Waals surface area contributed by atoms with E-state index in [1.54, 1.807) is 30.9 Å². The molecule has 1 amide bonds. The van der Waals surface area contributed by atoms with Crippen molar-refractivity contribution < 1.29 is 37.5 Å². The van der Waals surface area contributed by atoms with E-state index in [1.807, 2.05) is 32.6 Å². The maximum atomic E-state index is 13.0. The molecule has 119 valence electrons. The van der Waals surface area contributed by atoms with Gasteiger partial charge in [0.2, 0.25) is 5.91 Å². The Hall–Kier alpha value is -0.156. The van der Waals surface area contributed by atoms with Crippen LogP contribution in [0.5, 0.6) is 0 Å². The summed E-state index contributed by atoms with van der Waals surface area (Å²) in [6.07, 6.45) is 0.671. The molecule has 1 atom stereocenters. The first kappa shape index (κ1) is 20.8. The second kappa shape index (κ2) is 6.15. The van der Waals surface area contributed by atoms with Crippen LogP contribution in [0.25, 0.3) is 5.41 Å². The van der Waals surface area contributed by atoms with Crippen LogP contribution in [-0.4, -0.2) is 64.3 Å². The Morgan fingerprint density at radius 3 is 1.90 bits per heavy atom. The molecule has 0 aromatic heterocycles. The zero-order valence-electron chi connectivity index (χ0n) is 15.0. The van der Waals surface area contributed by atoms with E-state index in [-0.39, 0.29) is 55.7 Å². The molecule has 0 aliphatic carbocycles. The van der Waals surface area contributed by atoms with Gasteiger partial charge in [0.25, 0.3) is 0 Å². The zero-order valence-corrected chi connectivity index (χ0v) is 17.8. The summed E-state index contributed by atoms with van der Waals surface area (Å²) in [6, 6.07) is 0. The Morgan fingerprint density at radius 2 is 1.62 bits per heavy atom. The van der Waals surface area contributed by atoms with Crippen molar-refractivity contribution in [2.75, 3.05) is 21.1 Å². The number of likely N-dealkylation sites (tertiary alicyclic amines) is 1. The van der Waals surface area contributed by atoms with E-state index in [0.717, 1.165) is 0 Å². The molecule has 5 nitrogen and oxygen atoms in total. The van der Waals surface area contributed by atoms with Gasteiger partial charge in [0.1, 0.15) is 0 Å². The molecule has 0 aromatic rings. The van der Waals surface area contributed by atoms with Gasteiger partial charge >= 0.3 is 0 Å². The van der Waals surface area contributed by atoms with Gasteiger partial charge in [-0.3, -0.25) is 4.79 Å². The van der Waals surface area contributed by atoms with Gasteiger partial charge in [0, 0.05) is 49.7 Å². The first-order valence-corrected chi connectivity index (χ1v) is 7.07. The second-order valence-electron chi connectivity index (χ2n) is 7.83. The summed E-state index contributed by atoms with van der Waals surface area (Å²) >= 11 is 0. The van der Waals surface area contributed by atoms with E-state index in [9.17, 15) is 10.2 Å². The third kappa shape index (κ3) is 3.61. The van der Waals surface area contributed by atoms with Crippen LogP contribution in [0.15, 0.2) is 0 Å². The van der Waals surface area contributed by atoms with Crippen LogP contribution < -0.4 is 0 Å². The molecular weight excluding hydrogens is 341 g/mol. The first-order chi connectivity index (χ1) is 8.75. The number of hydrogen-bond donors (Lipinski definition) is 0. The number of guanidine groups is 1. The average molecular weight is 370 g/mol. The van der Waals surface area contributed by atoms with Crippen LogP contribution in [0.1, 0.15) is 48.0 Å². The van der Waals surface area contributed by atoms with Crippen molar-refractivity contribution in [3.63, 3.8) is 0 Å². The number of carbonyl (C=O) groups excluding carboxylic acids is 1. The van der Waals surface area contributed by atoms with Crippen LogP contribution in [-0.2, 0) is 37.5 Å². The standard InChI is InChI=1S/C15H29N4O.Y/c1-13(2,3)19-11(20)15(6,10-14(19,4)5)18(9)12(16)17(7)8;/h10H2,1-9H3;/q-1;. The Balaban J connectivity index is 0.00000400. The number of rotatable bonds is 1. The summed E-state index contributed by atoms with van der Waals surface area (Å²) in [4.78, 5) is 18.2. The maximum absolute atomic E-state index is 13.0. The van der Waals surface area contributed by atoms with Gasteiger partial charge in [-0.1, -0.05) is 0 Å². The van der Waals surface area contributed by atoms with Gasteiger partial charge < -0.3 is 20.1 Å². The fourth-order valence-electron chi connectivity index (χ4n) is 3.51. The molecule has 1 fully saturated rings. The fraction of sp³-hybridized carbons (Fsp3) is 0.867. The molecule has 21 heavy (non-hydrogen) atoms. The zero-order chi connectivity index (χ0) is 16.1. The van der Waals surface area contributed by atoms with E-state index in [1.165, 1.54) is 0 Å². The molecule has 1 rings (SSSR count). The number of hydrogen-bond acceptors (Lipinski definition) is 1. The van der Waals surface area contributed by atoms with Crippen molar-refractivity contribution in [3.8, 4) is 0 Å². The van der Waals surface area contributed by atoms with E-state index in [2.05, 4.69) is 13.8 Å². The van der Waals surface area contributed by atoms with E-state index < -0.39 is 5.54 Å². The molecule has 0 aromatic carbocycles. The minimum atomic E-state index is -0.731. The Labute approximate surface area is 154 Å². The average Bonchev–Trinajstić information content (AvgIpc) is 2.42. The second-order valence-corrected chi connectivity index (χ2v) is 7.83. The van der Waals surface area contributed by atoms with Gasteiger partial charge in [-0.05, 0) is 69.1 Å². The molecule has 1 saturated heterocycles. The fourth-order valence-corrected chi connectivity index (χ4v) is 3.51. The van der Waals surface area contributed by atoms with Gasteiger partial charge in [-0.2, -0.15) is 0 Å². The molecular formula is C15H29N4OY-. The summed E-state index contributed by atoms with van der Waals surface area (Å²) in [5.74, 6) is 0.165. The number of nitrogens with zero attached hydrogens (tertiary/aromatic N) is 4. The topological polar surface area (TPSA) is 49.1 Å². The number of likely N-dealkylation sites (N-methyl/N-ethyl adjacent to an activating group) is 1. The van der Waals surface area contributed by atoms with Gasteiger partial charge in [0.05, 0.1) is 5.54 Å². The van der Waals surface area contributed by atoms with Crippen molar-refractivity contribution in [3.05, 3.63) is 5.41 Å². The van der Waals surface area contributed by atoms with Crippen LogP contribution in [0.2, 0.25) is 0 Å². The number of carbonyl (C=O) groups is 1. The molecule has 0 bridgehead atoms. The van der Waals surface area contributed by atoms with Crippen LogP contribution >= 0.6 is 0 Å².